The summed E-state index contributed by atoms with van der Waals surface area (Å²) >= 11 is 5.93. The minimum Gasteiger partial charge on any atom is -0.463 e. The SMILES string of the molecule is O=C(c1ccc(Cl)cc1)N1N=C(c2ccco2)C[C@@H]1c1ccccc1. The topological polar surface area (TPSA) is 45.8 Å². The van der Waals surface area contributed by atoms with Gasteiger partial charge in [0.25, 0.3) is 5.91 Å². The number of hydrogen-bond donors (Lipinski definition) is 0. The molecule has 0 unspecified atom stereocenters. The van der Waals surface area contributed by atoms with Crippen LogP contribution in [0.25, 0.3) is 0 Å². The average molecular weight is 351 g/mol. The summed E-state index contributed by atoms with van der Waals surface area (Å²) < 4.78 is 5.46. The van der Waals surface area contributed by atoms with E-state index < -0.39 is 0 Å². The first kappa shape index (κ1) is 15.7. The smallest absolute Gasteiger partial charge is 0.274 e. The maximum Gasteiger partial charge on any atom is 0.274 e. The number of rotatable bonds is 3. The molecule has 2 heterocycles. The monoisotopic (exact) mass is 350 g/mol. The van der Waals surface area contributed by atoms with Crippen LogP contribution in [0.3, 0.4) is 0 Å². The van der Waals surface area contributed by atoms with Gasteiger partial charge < -0.3 is 4.42 Å². The summed E-state index contributed by atoms with van der Waals surface area (Å²) in [4.78, 5) is 13.0. The van der Waals surface area contributed by atoms with Gasteiger partial charge in [-0.3, -0.25) is 4.79 Å². The maximum atomic E-state index is 13.0. The van der Waals surface area contributed by atoms with Crippen LogP contribution >= 0.6 is 11.6 Å². The van der Waals surface area contributed by atoms with Crippen molar-refractivity contribution < 1.29 is 9.21 Å². The Morgan fingerprint density at radius 2 is 1.80 bits per heavy atom. The van der Waals surface area contributed by atoms with Crippen molar-refractivity contribution in [2.45, 2.75) is 12.5 Å². The van der Waals surface area contributed by atoms with Crippen molar-refractivity contribution in [3.8, 4) is 0 Å². The van der Waals surface area contributed by atoms with Crippen LogP contribution < -0.4 is 0 Å². The highest BCUT2D eigenvalue weighted by Gasteiger charge is 2.34. The molecule has 2 aromatic carbocycles. The van der Waals surface area contributed by atoms with Gasteiger partial charge in [-0.05, 0) is 42.0 Å². The molecule has 1 amide bonds. The van der Waals surface area contributed by atoms with Crippen molar-refractivity contribution >= 4 is 23.2 Å². The van der Waals surface area contributed by atoms with E-state index in [2.05, 4.69) is 5.10 Å². The minimum absolute atomic E-state index is 0.160. The molecular weight excluding hydrogens is 336 g/mol. The van der Waals surface area contributed by atoms with Gasteiger partial charge in [0, 0.05) is 17.0 Å². The number of benzene rings is 2. The predicted molar refractivity (Wildman–Crippen MR) is 96.7 cm³/mol. The quantitative estimate of drug-likeness (QED) is 0.672. The van der Waals surface area contributed by atoms with E-state index in [-0.39, 0.29) is 11.9 Å². The number of carbonyl (C=O) groups excluding carboxylic acids is 1. The van der Waals surface area contributed by atoms with Crippen LogP contribution in [0.5, 0.6) is 0 Å². The number of hydrazone groups is 1. The fourth-order valence-electron chi connectivity index (χ4n) is 2.95. The van der Waals surface area contributed by atoms with Gasteiger partial charge in [-0.1, -0.05) is 41.9 Å². The lowest BCUT2D eigenvalue weighted by atomic mass is 10.0. The van der Waals surface area contributed by atoms with Crippen LogP contribution in [-0.4, -0.2) is 16.6 Å². The van der Waals surface area contributed by atoms with E-state index in [9.17, 15) is 4.79 Å². The zero-order valence-corrected chi connectivity index (χ0v) is 14.1. The summed E-state index contributed by atoms with van der Waals surface area (Å²) in [6, 6.07) is 20.3. The predicted octanol–water partition coefficient (Wildman–Crippen LogP) is 4.92. The van der Waals surface area contributed by atoms with Gasteiger partial charge in [-0.2, -0.15) is 5.10 Å². The molecule has 4 nitrogen and oxygen atoms in total. The third-order valence-corrected chi connectivity index (χ3v) is 4.45. The molecule has 1 aliphatic heterocycles. The summed E-state index contributed by atoms with van der Waals surface area (Å²) in [6.07, 6.45) is 2.22. The molecule has 1 aliphatic rings. The third kappa shape index (κ3) is 3.08. The average Bonchev–Trinajstić information content (AvgIpc) is 3.32. The summed E-state index contributed by atoms with van der Waals surface area (Å²) in [5, 5.41) is 6.69. The van der Waals surface area contributed by atoms with Gasteiger partial charge in [-0.25, -0.2) is 5.01 Å². The Bertz CT molecular complexity index is 903. The molecule has 0 aliphatic carbocycles. The summed E-state index contributed by atoms with van der Waals surface area (Å²) in [5.74, 6) is 0.527. The second-order valence-corrected chi connectivity index (χ2v) is 6.25. The van der Waals surface area contributed by atoms with Crippen LogP contribution in [0.4, 0.5) is 0 Å². The molecule has 0 saturated carbocycles. The molecule has 0 radical (unpaired) electrons. The molecule has 5 heteroatoms. The molecule has 0 saturated heterocycles. The molecule has 1 atom stereocenters. The number of halogens is 1. The molecule has 4 rings (SSSR count). The largest absolute Gasteiger partial charge is 0.463 e. The normalized spacial score (nSPS) is 16.8. The van der Waals surface area contributed by atoms with Crippen LogP contribution in [0.15, 0.2) is 82.5 Å². The Balaban J connectivity index is 1.71. The zero-order valence-electron chi connectivity index (χ0n) is 13.3. The van der Waals surface area contributed by atoms with Gasteiger partial charge in [0.05, 0.1) is 12.3 Å². The Hall–Kier alpha value is -2.85. The number of nitrogens with zero attached hydrogens (tertiary/aromatic N) is 2. The fraction of sp³-hybridized carbons (Fsp3) is 0.100. The van der Waals surface area contributed by atoms with Crippen LogP contribution in [0.2, 0.25) is 5.02 Å². The molecule has 3 aromatic rings. The van der Waals surface area contributed by atoms with Gasteiger partial charge in [0.1, 0.15) is 11.5 Å². The van der Waals surface area contributed by atoms with Crippen molar-refractivity contribution in [3.05, 3.63) is 94.9 Å². The van der Waals surface area contributed by atoms with Crippen molar-refractivity contribution in [3.63, 3.8) is 0 Å². The fourth-order valence-corrected chi connectivity index (χ4v) is 3.07. The third-order valence-electron chi connectivity index (χ3n) is 4.20. The summed E-state index contributed by atoms with van der Waals surface area (Å²) in [5.41, 5.74) is 2.35. The lowest BCUT2D eigenvalue weighted by Gasteiger charge is -2.22. The van der Waals surface area contributed by atoms with Crippen molar-refractivity contribution in [2.75, 3.05) is 0 Å². The van der Waals surface area contributed by atoms with E-state index in [0.717, 1.165) is 11.3 Å². The van der Waals surface area contributed by atoms with Crippen molar-refractivity contribution in [2.24, 2.45) is 5.10 Å². The van der Waals surface area contributed by atoms with E-state index in [4.69, 9.17) is 16.0 Å². The Morgan fingerprint density at radius 3 is 2.48 bits per heavy atom. The number of hydrogen-bond acceptors (Lipinski definition) is 3. The molecular formula is C20H15ClN2O2. The van der Waals surface area contributed by atoms with Crippen LogP contribution in [0, 0.1) is 0 Å². The van der Waals surface area contributed by atoms with Gasteiger partial charge >= 0.3 is 0 Å². The molecule has 0 N–H and O–H groups in total. The number of furan rings is 1. The molecule has 0 bridgehead atoms. The summed E-state index contributed by atoms with van der Waals surface area (Å²) in [6.45, 7) is 0. The first-order chi connectivity index (χ1) is 12.2. The summed E-state index contributed by atoms with van der Waals surface area (Å²) in [7, 11) is 0. The van der Waals surface area contributed by atoms with Gasteiger partial charge in [-0.15, -0.1) is 0 Å². The molecule has 0 spiro atoms. The lowest BCUT2D eigenvalue weighted by Crippen LogP contribution is -2.27. The van der Waals surface area contributed by atoms with E-state index in [1.807, 2.05) is 42.5 Å². The number of amides is 1. The van der Waals surface area contributed by atoms with Crippen LogP contribution in [-0.2, 0) is 0 Å². The first-order valence-corrected chi connectivity index (χ1v) is 8.35. The standard InChI is InChI=1S/C20H15ClN2O2/c21-16-10-8-15(9-11-16)20(24)23-18(14-5-2-1-3-6-14)13-17(22-23)19-7-4-12-25-19/h1-12,18H,13H2/t18-/m1/s1. The minimum atomic E-state index is -0.163. The maximum absolute atomic E-state index is 13.0. The highest BCUT2D eigenvalue weighted by Crippen LogP contribution is 2.34. The zero-order chi connectivity index (χ0) is 17.2. The van der Waals surface area contributed by atoms with Crippen molar-refractivity contribution in [1.29, 1.82) is 0 Å². The van der Waals surface area contributed by atoms with Gasteiger partial charge in [0.15, 0.2) is 0 Å². The highest BCUT2D eigenvalue weighted by atomic mass is 35.5. The van der Waals surface area contributed by atoms with E-state index in [0.29, 0.717) is 22.8 Å². The molecule has 0 fully saturated rings. The molecule has 1 aromatic heterocycles. The Labute approximate surface area is 150 Å². The Morgan fingerprint density at radius 1 is 1.04 bits per heavy atom. The second-order valence-electron chi connectivity index (χ2n) is 5.81. The Kier molecular flexibility index (Phi) is 4.12. The molecule has 25 heavy (non-hydrogen) atoms. The second kappa shape index (κ2) is 6.57. The van der Waals surface area contributed by atoms with E-state index in [1.165, 1.54) is 5.01 Å². The first-order valence-electron chi connectivity index (χ1n) is 7.98. The lowest BCUT2D eigenvalue weighted by molar-refractivity contribution is 0.0711. The molecule has 124 valence electrons. The van der Waals surface area contributed by atoms with Gasteiger partial charge in [0.2, 0.25) is 0 Å². The highest BCUT2D eigenvalue weighted by molar-refractivity contribution is 6.30. The van der Waals surface area contributed by atoms with E-state index >= 15 is 0 Å². The van der Waals surface area contributed by atoms with E-state index in [1.54, 1.807) is 30.5 Å². The number of carbonyl (C=O) groups is 1. The van der Waals surface area contributed by atoms with Crippen LogP contribution in [0.1, 0.15) is 34.1 Å². The van der Waals surface area contributed by atoms with Crippen molar-refractivity contribution in [1.82, 2.24) is 5.01 Å².